The van der Waals surface area contributed by atoms with Crippen LogP contribution in [0.2, 0.25) is 0 Å². The number of aromatic nitrogens is 2. The van der Waals surface area contributed by atoms with Crippen LogP contribution in [-0.2, 0) is 6.42 Å². The number of rotatable bonds is 8. The van der Waals surface area contributed by atoms with Crippen molar-refractivity contribution in [2.24, 2.45) is 5.92 Å². The smallest absolute Gasteiger partial charge is 0.134 e. The van der Waals surface area contributed by atoms with E-state index in [1.165, 1.54) is 48.5 Å². The van der Waals surface area contributed by atoms with E-state index in [0.717, 1.165) is 25.3 Å². The Labute approximate surface area is 121 Å². The number of hydrogen-bond acceptors (Lipinski definition) is 4. The molecule has 1 fully saturated rings. The predicted molar refractivity (Wildman–Crippen MR) is 81.5 cm³/mol. The molecule has 1 aromatic rings. The summed E-state index contributed by atoms with van der Waals surface area (Å²) in [6.45, 7) is 5.48. The van der Waals surface area contributed by atoms with E-state index in [2.05, 4.69) is 29.4 Å². The first-order chi connectivity index (χ1) is 9.33. The third kappa shape index (κ3) is 4.53. The van der Waals surface area contributed by atoms with Crippen molar-refractivity contribution in [3.05, 3.63) is 10.0 Å². The molecule has 0 bridgehead atoms. The predicted octanol–water partition coefficient (Wildman–Crippen LogP) is 4.11. The summed E-state index contributed by atoms with van der Waals surface area (Å²) in [6.07, 6.45) is 10.4. The Bertz CT molecular complexity index is 358. The molecule has 0 radical (unpaired) electrons. The minimum Gasteiger partial charge on any atom is -0.308 e. The van der Waals surface area contributed by atoms with Crippen LogP contribution in [-0.4, -0.2) is 16.7 Å². The van der Waals surface area contributed by atoms with Crippen molar-refractivity contribution in [1.82, 2.24) is 15.5 Å². The summed E-state index contributed by atoms with van der Waals surface area (Å²) in [7, 11) is 0. The molecule has 1 saturated carbocycles. The van der Waals surface area contributed by atoms with Crippen molar-refractivity contribution in [3.63, 3.8) is 0 Å². The van der Waals surface area contributed by atoms with Gasteiger partial charge in [0.15, 0.2) is 0 Å². The lowest BCUT2D eigenvalue weighted by molar-refractivity contribution is 0.501. The minimum atomic E-state index is 0.401. The summed E-state index contributed by atoms with van der Waals surface area (Å²) < 4.78 is 0. The minimum absolute atomic E-state index is 0.401. The van der Waals surface area contributed by atoms with Crippen LogP contribution in [0.25, 0.3) is 0 Å². The number of nitrogens with one attached hydrogen (secondary N) is 1. The molecular weight excluding hydrogens is 254 g/mol. The second-order valence-corrected chi connectivity index (χ2v) is 6.73. The van der Waals surface area contributed by atoms with Crippen LogP contribution in [0.3, 0.4) is 0 Å². The van der Waals surface area contributed by atoms with Crippen LogP contribution < -0.4 is 5.32 Å². The Hall–Kier alpha value is -0.480. The molecule has 2 rings (SSSR count). The van der Waals surface area contributed by atoms with Crippen molar-refractivity contribution < 1.29 is 0 Å². The van der Waals surface area contributed by atoms with Gasteiger partial charge in [0.1, 0.15) is 10.0 Å². The Morgan fingerprint density at radius 1 is 1.26 bits per heavy atom. The molecule has 0 saturated heterocycles. The second-order valence-electron chi connectivity index (χ2n) is 5.64. The Balaban J connectivity index is 1.82. The van der Waals surface area contributed by atoms with E-state index in [9.17, 15) is 0 Å². The topological polar surface area (TPSA) is 37.8 Å². The van der Waals surface area contributed by atoms with Crippen LogP contribution in [0, 0.1) is 5.92 Å². The Kier molecular flexibility index (Phi) is 6.24. The summed E-state index contributed by atoms with van der Waals surface area (Å²) in [6, 6.07) is 0.401. The fourth-order valence-electron chi connectivity index (χ4n) is 2.86. The molecule has 3 nitrogen and oxygen atoms in total. The molecule has 19 heavy (non-hydrogen) atoms. The van der Waals surface area contributed by atoms with Crippen molar-refractivity contribution in [2.45, 2.75) is 71.3 Å². The van der Waals surface area contributed by atoms with Gasteiger partial charge >= 0.3 is 0 Å². The highest BCUT2D eigenvalue weighted by molar-refractivity contribution is 7.11. The molecule has 0 spiro atoms. The number of hydrogen-bond donors (Lipinski definition) is 1. The van der Waals surface area contributed by atoms with Gasteiger partial charge in [0.25, 0.3) is 0 Å². The molecule has 4 heteroatoms. The van der Waals surface area contributed by atoms with Gasteiger partial charge in [-0.25, -0.2) is 0 Å². The molecule has 1 aromatic heterocycles. The van der Waals surface area contributed by atoms with Gasteiger partial charge in [0.2, 0.25) is 0 Å². The standard InChI is InChI=1S/C15H27N3S/c1-3-11-16-13(4-2)15-18-17-14(19-15)10-9-12-7-5-6-8-12/h12-13,16H,3-11H2,1-2H3. The van der Waals surface area contributed by atoms with Crippen molar-refractivity contribution in [2.75, 3.05) is 6.54 Å². The van der Waals surface area contributed by atoms with E-state index >= 15 is 0 Å². The first-order valence-corrected chi connectivity index (χ1v) is 8.70. The lowest BCUT2D eigenvalue weighted by atomic mass is 10.0. The van der Waals surface area contributed by atoms with Gasteiger partial charge in [-0.15, -0.1) is 10.2 Å². The monoisotopic (exact) mass is 281 g/mol. The number of aryl methyl sites for hydroxylation is 1. The lowest BCUT2D eigenvalue weighted by Crippen LogP contribution is -2.21. The van der Waals surface area contributed by atoms with E-state index in [4.69, 9.17) is 0 Å². The maximum Gasteiger partial charge on any atom is 0.134 e. The third-order valence-corrected chi connectivity index (χ3v) is 5.17. The summed E-state index contributed by atoms with van der Waals surface area (Å²) in [5.41, 5.74) is 0. The van der Waals surface area contributed by atoms with Crippen LogP contribution in [0.5, 0.6) is 0 Å². The fourth-order valence-corrected chi connectivity index (χ4v) is 3.88. The molecule has 1 aliphatic carbocycles. The summed E-state index contributed by atoms with van der Waals surface area (Å²) >= 11 is 1.81. The van der Waals surface area contributed by atoms with Gasteiger partial charge in [0.05, 0.1) is 6.04 Å². The molecule has 1 unspecified atom stereocenters. The van der Waals surface area contributed by atoms with Crippen LogP contribution in [0.1, 0.15) is 74.9 Å². The zero-order valence-corrected chi connectivity index (χ0v) is 13.1. The van der Waals surface area contributed by atoms with Gasteiger partial charge < -0.3 is 5.32 Å². The summed E-state index contributed by atoms with van der Waals surface area (Å²) in [5.74, 6) is 0.951. The lowest BCUT2D eigenvalue weighted by Gasteiger charge is -2.12. The maximum atomic E-state index is 4.39. The van der Waals surface area contributed by atoms with Crippen LogP contribution >= 0.6 is 11.3 Å². The molecular formula is C15H27N3S. The van der Waals surface area contributed by atoms with E-state index < -0.39 is 0 Å². The largest absolute Gasteiger partial charge is 0.308 e. The van der Waals surface area contributed by atoms with Gasteiger partial charge in [-0.2, -0.15) is 0 Å². The third-order valence-electron chi connectivity index (χ3n) is 4.07. The normalized spacial score (nSPS) is 18.0. The quantitative estimate of drug-likeness (QED) is 0.779. The van der Waals surface area contributed by atoms with Gasteiger partial charge in [-0.3, -0.25) is 0 Å². The highest BCUT2D eigenvalue weighted by Crippen LogP contribution is 2.29. The van der Waals surface area contributed by atoms with E-state index in [1.807, 2.05) is 11.3 Å². The summed E-state index contributed by atoms with van der Waals surface area (Å²) in [5, 5.41) is 14.7. The average Bonchev–Trinajstić information content (AvgIpc) is 3.09. The first kappa shape index (κ1) is 14.9. The van der Waals surface area contributed by atoms with Gasteiger partial charge in [-0.05, 0) is 31.7 Å². The Morgan fingerprint density at radius 2 is 2.05 bits per heavy atom. The second kappa shape index (κ2) is 7.95. The zero-order valence-electron chi connectivity index (χ0n) is 12.3. The number of nitrogens with zero attached hydrogens (tertiary/aromatic N) is 2. The molecule has 1 heterocycles. The summed E-state index contributed by atoms with van der Waals surface area (Å²) in [4.78, 5) is 0. The van der Waals surface area contributed by atoms with E-state index in [1.54, 1.807) is 0 Å². The molecule has 0 amide bonds. The maximum absolute atomic E-state index is 4.39. The fraction of sp³-hybridized carbons (Fsp3) is 0.867. The Morgan fingerprint density at radius 3 is 2.74 bits per heavy atom. The highest BCUT2D eigenvalue weighted by Gasteiger charge is 2.17. The molecule has 1 aliphatic rings. The van der Waals surface area contributed by atoms with Gasteiger partial charge in [0, 0.05) is 6.42 Å². The SMILES string of the molecule is CCCNC(CC)c1nnc(CCC2CCCC2)s1. The zero-order chi connectivity index (χ0) is 13.5. The van der Waals surface area contributed by atoms with Crippen LogP contribution in [0.15, 0.2) is 0 Å². The molecule has 1 atom stereocenters. The van der Waals surface area contributed by atoms with Crippen molar-refractivity contribution >= 4 is 11.3 Å². The van der Waals surface area contributed by atoms with Crippen LogP contribution in [0.4, 0.5) is 0 Å². The van der Waals surface area contributed by atoms with Crippen molar-refractivity contribution in [1.29, 1.82) is 0 Å². The van der Waals surface area contributed by atoms with Gasteiger partial charge in [-0.1, -0.05) is 50.9 Å². The van der Waals surface area contributed by atoms with E-state index in [0.29, 0.717) is 6.04 Å². The first-order valence-electron chi connectivity index (χ1n) is 7.89. The molecule has 0 aromatic carbocycles. The average molecular weight is 281 g/mol. The molecule has 1 N–H and O–H groups in total. The van der Waals surface area contributed by atoms with Crippen molar-refractivity contribution in [3.8, 4) is 0 Å². The highest BCUT2D eigenvalue weighted by atomic mass is 32.1. The molecule has 0 aliphatic heterocycles. The molecule has 108 valence electrons. The van der Waals surface area contributed by atoms with E-state index in [-0.39, 0.29) is 0 Å².